The number of hydrogen-bond donors (Lipinski definition) is 0. The summed E-state index contributed by atoms with van der Waals surface area (Å²) in [4.78, 5) is 4.48. The third-order valence-corrected chi connectivity index (χ3v) is 1.51. The maximum absolute atomic E-state index is 12.7. The average molecular weight is 185 g/mol. The minimum absolute atomic E-state index is 0.374. The van der Waals surface area contributed by atoms with Gasteiger partial charge in [0.25, 0.3) is 0 Å². The quantitative estimate of drug-likeness (QED) is 0.512. The van der Waals surface area contributed by atoms with Crippen LogP contribution < -0.4 is 0 Å². The number of halogens is 2. The van der Waals surface area contributed by atoms with Crippen LogP contribution in [0.25, 0.3) is 0 Å². The van der Waals surface area contributed by atoms with E-state index in [0.717, 1.165) is 6.07 Å². The van der Waals surface area contributed by atoms with Crippen LogP contribution in [0.15, 0.2) is 23.4 Å². The van der Waals surface area contributed by atoms with E-state index in [1.54, 1.807) is 6.92 Å². The minimum atomic E-state index is -0.624. The molecule has 2 nitrogen and oxygen atoms in total. The Morgan fingerprint density at radius 3 is 2.23 bits per heavy atom. The Labute approximate surface area is 74.8 Å². The Bertz CT molecular complexity index is 316. The summed E-state index contributed by atoms with van der Waals surface area (Å²) in [6, 6.07) is 3.20. The summed E-state index contributed by atoms with van der Waals surface area (Å²) in [6.45, 7) is 1.61. The predicted octanol–water partition coefficient (Wildman–Crippen LogP) is 2.34. The van der Waals surface area contributed by atoms with Gasteiger partial charge in [0.15, 0.2) is 0 Å². The third-order valence-electron chi connectivity index (χ3n) is 1.51. The van der Waals surface area contributed by atoms with Gasteiger partial charge in [0.1, 0.15) is 18.7 Å². The number of benzene rings is 1. The van der Waals surface area contributed by atoms with Crippen molar-refractivity contribution in [3.8, 4) is 0 Å². The smallest absolute Gasteiger partial charge is 0.126 e. The first-order valence-electron chi connectivity index (χ1n) is 3.67. The third kappa shape index (κ3) is 2.50. The lowest BCUT2D eigenvalue weighted by molar-refractivity contribution is 0.213. The first-order chi connectivity index (χ1) is 6.13. The fourth-order valence-electron chi connectivity index (χ4n) is 0.952. The molecule has 0 saturated heterocycles. The van der Waals surface area contributed by atoms with Crippen molar-refractivity contribution in [2.75, 3.05) is 7.11 Å². The van der Waals surface area contributed by atoms with E-state index in [1.807, 2.05) is 0 Å². The van der Waals surface area contributed by atoms with Gasteiger partial charge in [-0.05, 0) is 19.1 Å². The van der Waals surface area contributed by atoms with Crippen molar-refractivity contribution >= 4 is 5.71 Å². The Kier molecular flexibility index (Phi) is 2.95. The van der Waals surface area contributed by atoms with Crippen molar-refractivity contribution in [3.05, 3.63) is 35.4 Å². The average Bonchev–Trinajstić information content (AvgIpc) is 2.03. The maximum atomic E-state index is 12.7. The van der Waals surface area contributed by atoms with Crippen LogP contribution in [0.2, 0.25) is 0 Å². The van der Waals surface area contributed by atoms with E-state index in [9.17, 15) is 8.78 Å². The number of oxime groups is 1. The van der Waals surface area contributed by atoms with Gasteiger partial charge in [0.2, 0.25) is 0 Å². The highest BCUT2D eigenvalue weighted by Crippen LogP contribution is 2.08. The van der Waals surface area contributed by atoms with Crippen LogP contribution in [0.5, 0.6) is 0 Å². The van der Waals surface area contributed by atoms with Crippen LogP contribution in [0, 0.1) is 11.6 Å². The first kappa shape index (κ1) is 9.64. The van der Waals surface area contributed by atoms with E-state index in [0.29, 0.717) is 11.3 Å². The molecule has 1 aromatic carbocycles. The van der Waals surface area contributed by atoms with Crippen LogP contribution in [-0.4, -0.2) is 12.8 Å². The summed E-state index contributed by atoms with van der Waals surface area (Å²) >= 11 is 0. The van der Waals surface area contributed by atoms with Gasteiger partial charge in [-0.2, -0.15) is 0 Å². The van der Waals surface area contributed by atoms with Crippen molar-refractivity contribution in [1.82, 2.24) is 0 Å². The molecule has 0 atom stereocenters. The van der Waals surface area contributed by atoms with Gasteiger partial charge in [-0.15, -0.1) is 0 Å². The summed E-state index contributed by atoms with van der Waals surface area (Å²) in [5.74, 6) is -1.25. The molecule has 0 saturated carbocycles. The van der Waals surface area contributed by atoms with Gasteiger partial charge in [0.05, 0.1) is 5.71 Å². The Morgan fingerprint density at radius 2 is 1.77 bits per heavy atom. The summed E-state index contributed by atoms with van der Waals surface area (Å²) in [6.07, 6.45) is 0. The van der Waals surface area contributed by atoms with E-state index in [-0.39, 0.29) is 0 Å². The lowest BCUT2D eigenvalue weighted by atomic mass is 10.1. The second-order valence-corrected chi connectivity index (χ2v) is 2.52. The van der Waals surface area contributed by atoms with Gasteiger partial charge >= 0.3 is 0 Å². The topological polar surface area (TPSA) is 21.6 Å². The van der Waals surface area contributed by atoms with E-state index >= 15 is 0 Å². The molecule has 1 aromatic rings. The number of nitrogens with zero attached hydrogens (tertiary/aromatic N) is 1. The minimum Gasteiger partial charge on any atom is -0.399 e. The van der Waals surface area contributed by atoms with Gasteiger partial charge in [-0.25, -0.2) is 8.78 Å². The van der Waals surface area contributed by atoms with Crippen LogP contribution in [0.3, 0.4) is 0 Å². The Morgan fingerprint density at radius 1 is 1.23 bits per heavy atom. The van der Waals surface area contributed by atoms with Crippen LogP contribution >= 0.6 is 0 Å². The summed E-state index contributed by atoms with van der Waals surface area (Å²) < 4.78 is 25.4. The van der Waals surface area contributed by atoms with Gasteiger partial charge < -0.3 is 4.84 Å². The molecule has 4 heteroatoms. The highest BCUT2D eigenvalue weighted by atomic mass is 19.1. The zero-order valence-corrected chi connectivity index (χ0v) is 7.34. The van der Waals surface area contributed by atoms with Crippen LogP contribution in [0.1, 0.15) is 12.5 Å². The second-order valence-electron chi connectivity index (χ2n) is 2.52. The fourth-order valence-corrected chi connectivity index (χ4v) is 0.952. The number of rotatable bonds is 2. The van der Waals surface area contributed by atoms with Crippen molar-refractivity contribution < 1.29 is 13.6 Å². The van der Waals surface area contributed by atoms with Gasteiger partial charge in [-0.1, -0.05) is 5.16 Å². The molecular weight excluding hydrogens is 176 g/mol. The molecule has 70 valence electrons. The molecule has 0 bridgehead atoms. The van der Waals surface area contributed by atoms with Gasteiger partial charge in [-0.3, -0.25) is 0 Å². The molecule has 0 aliphatic carbocycles. The first-order valence-corrected chi connectivity index (χ1v) is 3.67. The summed E-state index contributed by atoms with van der Waals surface area (Å²) in [5, 5.41) is 3.56. The number of hydrogen-bond acceptors (Lipinski definition) is 2. The molecule has 0 N–H and O–H groups in total. The normalized spacial score (nSPS) is 11.5. The second kappa shape index (κ2) is 3.98. The van der Waals surface area contributed by atoms with E-state index in [4.69, 9.17) is 0 Å². The molecule has 1 rings (SSSR count). The summed E-state index contributed by atoms with van der Waals surface area (Å²) in [7, 11) is 1.37. The largest absolute Gasteiger partial charge is 0.399 e. The monoisotopic (exact) mass is 185 g/mol. The lowest BCUT2D eigenvalue weighted by Crippen LogP contribution is -1.97. The van der Waals surface area contributed by atoms with Crippen molar-refractivity contribution in [1.29, 1.82) is 0 Å². The molecule has 0 amide bonds. The Hall–Kier alpha value is -1.45. The molecule has 0 aromatic heterocycles. The highest BCUT2D eigenvalue weighted by molar-refractivity contribution is 5.98. The van der Waals surface area contributed by atoms with E-state index in [2.05, 4.69) is 9.99 Å². The summed E-state index contributed by atoms with van der Waals surface area (Å²) in [5.41, 5.74) is 0.806. The molecule has 0 fully saturated rings. The van der Waals surface area contributed by atoms with Crippen molar-refractivity contribution in [3.63, 3.8) is 0 Å². The standard InChI is InChI=1S/C9H9F2NO/c1-6(12-13-2)7-3-8(10)5-9(11)4-7/h3-5H,1-2H3/b12-6-. The van der Waals surface area contributed by atoms with Crippen LogP contribution in [-0.2, 0) is 4.84 Å². The predicted molar refractivity (Wildman–Crippen MR) is 45.6 cm³/mol. The SMILES string of the molecule is CO/N=C(/C)c1cc(F)cc(F)c1. The molecule has 0 spiro atoms. The molecule has 0 heterocycles. The maximum Gasteiger partial charge on any atom is 0.126 e. The molecule has 0 aliphatic rings. The highest BCUT2D eigenvalue weighted by Gasteiger charge is 2.03. The molecule has 13 heavy (non-hydrogen) atoms. The molecule has 0 unspecified atom stereocenters. The van der Waals surface area contributed by atoms with E-state index in [1.165, 1.54) is 19.2 Å². The van der Waals surface area contributed by atoms with Crippen molar-refractivity contribution in [2.45, 2.75) is 6.92 Å². The van der Waals surface area contributed by atoms with Gasteiger partial charge in [0, 0.05) is 11.6 Å². The zero-order chi connectivity index (χ0) is 9.84. The Balaban J connectivity index is 3.08. The molecule has 0 aliphatic heterocycles. The lowest BCUT2D eigenvalue weighted by Gasteiger charge is -2.00. The fraction of sp³-hybridized carbons (Fsp3) is 0.222. The zero-order valence-electron chi connectivity index (χ0n) is 7.34. The molecular formula is C9H9F2NO. The van der Waals surface area contributed by atoms with Crippen molar-refractivity contribution in [2.24, 2.45) is 5.16 Å². The van der Waals surface area contributed by atoms with Crippen LogP contribution in [0.4, 0.5) is 8.78 Å². The molecule has 0 radical (unpaired) electrons. The van der Waals surface area contributed by atoms with E-state index < -0.39 is 11.6 Å².